The highest BCUT2D eigenvalue weighted by atomic mass is 16.5. The molecule has 1 aromatic heterocycles. The highest BCUT2D eigenvalue weighted by Gasteiger charge is 2.27. The maximum absolute atomic E-state index is 12.2. The lowest BCUT2D eigenvalue weighted by Crippen LogP contribution is -2.29. The molecule has 0 N–H and O–H groups in total. The van der Waals surface area contributed by atoms with Gasteiger partial charge in [0.2, 0.25) is 0 Å². The van der Waals surface area contributed by atoms with Crippen molar-refractivity contribution in [1.29, 1.82) is 0 Å². The fourth-order valence-corrected chi connectivity index (χ4v) is 2.42. The van der Waals surface area contributed by atoms with Crippen LogP contribution in [0.5, 0.6) is 11.5 Å². The zero-order valence-corrected chi connectivity index (χ0v) is 12.6. The first-order valence-corrected chi connectivity index (χ1v) is 7.10. The Morgan fingerprint density at radius 1 is 1.50 bits per heavy atom. The van der Waals surface area contributed by atoms with Crippen molar-refractivity contribution in [2.24, 2.45) is 13.0 Å². The van der Waals surface area contributed by atoms with Gasteiger partial charge in [-0.25, -0.2) is 4.98 Å². The number of imidazole rings is 1. The number of ether oxygens (including phenoxy) is 3. The molecule has 0 radical (unpaired) electrons. The van der Waals surface area contributed by atoms with E-state index in [4.69, 9.17) is 14.2 Å². The molecule has 0 spiro atoms. The molecule has 2 heterocycles. The van der Waals surface area contributed by atoms with Crippen molar-refractivity contribution in [3.63, 3.8) is 0 Å². The van der Waals surface area contributed by atoms with Crippen molar-refractivity contribution in [2.45, 2.75) is 13.0 Å². The molecule has 6 nitrogen and oxygen atoms in total. The Labute approximate surface area is 128 Å². The van der Waals surface area contributed by atoms with E-state index in [0.29, 0.717) is 13.0 Å². The molecule has 0 bridgehead atoms. The monoisotopic (exact) mass is 302 g/mol. The van der Waals surface area contributed by atoms with Crippen molar-refractivity contribution in [3.05, 3.63) is 42.0 Å². The van der Waals surface area contributed by atoms with Crippen LogP contribution in [-0.2, 0) is 29.6 Å². The normalized spacial score (nSPS) is 16.5. The van der Waals surface area contributed by atoms with Crippen molar-refractivity contribution in [2.75, 3.05) is 13.7 Å². The molecule has 0 amide bonds. The first kappa shape index (κ1) is 14.4. The fourth-order valence-electron chi connectivity index (χ4n) is 2.42. The van der Waals surface area contributed by atoms with Gasteiger partial charge in [0, 0.05) is 25.5 Å². The van der Waals surface area contributed by atoms with E-state index in [0.717, 1.165) is 22.9 Å². The molecule has 1 aliphatic heterocycles. The van der Waals surface area contributed by atoms with E-state index in [-0.39, 0.29) is 18.5 Å². The van der Waals surface area contributed by atoms with Gasteiger partial charge in [0.25, 0.3) is 0 Å². The number of carbonyl (C=O) groups excluding carboxylic acids is 1. The van der Waals surface area contributed by atoms with Crippen molar-refractivity contribution in [3.8, 4) is 11.5 Å². The number of rotatable bonds is 4. The Balaban J connectivity index is 1.61. The van der Waals surface area contributed by atoms with Crippen LogP contribution in [0, 0.1) is 5.92 Å². The summed E-state index contributed by atoms with van der Waals surface area (Å²) in [6.07, 6.45) is 4.10. The Hall–Kier alpha value is -2.50. The fraction of sp³-hybridized carbons (Fsp3) is 0.375. The Kier molecular flexibility index (Phi) is 4.00. The number of hydrogen-bond donors (Lipinski definition) is 0. The quantitative estimate of drug-likeness (QED) is 0.805. The van der Waals surface area contributed by atoms with E-state index < -0.39 is 0 Å². The standard InChI is InChI=1S/C16H18N2O4/c1-18-6-5-17-15(18)10-22-16(19)12-7-11-3-4-13(20-2)8-14(11)21-9-12/h3-6,8,12H,7,9-10H2,1-2H3/t12-/m1/s1. The Morgan fingerprint density at radius 2 is 2.36 bits per heavy atom. The molecule has 22 heavy (non-hydrogen) atoms. The highest BCUT2D eigenvalue weighted by molar-refractivity contribution is 5.73. The summed E-state index contributed by atoms with van der Waals surface area (Å²) in [6.45, 7) is 0.494. The number of hydrogen-bond acceptors (Lipinski definition) is 5. The topological polar surface area (TPSA) is 62.6 Å². The van der Waals surface area contributed by atoms with Gasteiger partial charge < -0.3 is 18.8 Å². The zero-order valence-electron chi connectivity index (χ0n) is 12.6. The van der Waals surface area contributed by atoms with Crippen LogP contribution in [0.3, 0.4) is 0 Å². The summed E-state index contributed by atoms with van der Waals surface area (Å²) in [7, 11) is 3.48. The van der Waals surface area contributed by atoms with Crippen LogP contribution in [0.2, 0.25) is 0 Å². The summed E-state index contributed by atoms with van der Waals surface area (Å²) in [4.78, 5) is 16.3. The minimum absolute atomic E-state index is 0.175. The van der Waals surface area contributed by atoms with Crippen LogP contribution >= 0.6 is 0 Å². The minimum atomic E-state index is -0.291. The molecule has 1 aromatic carbocycles. The number of aryl methyl sites for hydroxylation is 1. The van der Waals surface area contributed by atoms with Gasteiger partial charge in [-0.2, -0.15) is 0 Å². The second-order valence-corrected chi connectivity index (χ2v) is 5.25. The summed E-state index contributed by atoms with van der Waals surface area (Å²) in [5.74, 6) is 1.68. The van der Waals surface area contributed by atoms with Crippen LogP contribution in [-0.4, -0.2) is 29.2 Å². The van der Waals surface area contributed by atoms with Crippen LogP contribution in [0.25, 0.3) is 0 Å². The SMILES string of the molecule is COc1ccc2c(c1)OC[C@H](C(=O)OCc1nccn1C)C2. The molecule has 2 aromatic rings. The van der Waals surface area contributed by atoms with E-state index in [1.807, 2.05) is 36.0 Å². The van der Waals surface area contributed by atoms with Crippen LogP contribution in [0.4, 0.5) is 0 Å². The van der Waals surface area contributed by atoms with Gasteiger partial charge in [0.15, 0.2) is 0 Å². The molecular formula is C16H18N2O4. The molecular weight excluding hydrogens is 284 g/mol. The van der Waals surface area contributed by atoms with Crippen LogP contribution < -0.4 is 9.47 Å². The lowest BCUT2D eigenvalue weighted by molar-refractivity contribution is -0.151. The lowest BCUT2D eigenvalue weighted by atomic mass is 9.97. The van der Waals surface area contributed by atoms with Gasteiger partial charge in [0.1, 0.15) is 30.5 Å². The van der Waals surface area contributed by atoms with Gasteiger partial charge in [-0.3, -0.25) is 4.79 Å². The number of methoxy groups -OCH3 is 1. The van der Waals surface area contributed by atoms with Gasteiger partial charge in [-0.15, -0.1) is 0 Å². The molecule has 0 saturated heterocycles. The molecule has 6 heteroatoms. The van der Waals surface area contributed by atoms with Gasteiger partial charge in [0.05, 0.1) is 13.0 Å². The second kappa shape index (κ2) is 6.09. The van der Waals surface area contributed by atoms with Gasteiger partial charge in [-0.05, 0) is 18.1 Å². The van der Waals surface area contributed by atoms with Crippen LogP contribution in [0.1, 0.15) is 11.4 Å². The van der Waals surface area contributed by atoms with E-state index >= 15 is 0 Å². The number of benzene rings is 1. The van der Waals surface area contributed by atoms with Gasteiger partial charge >= 0.3 is 5.97 Å². The number of fused-ring (bicyclic) bond motifs is 1. The summed E-state index contributed by atoms with van der Waals surface area (Å²) in [5, 5.41) is 0. The molecule has 0 saturated carbocycles. The average molecular weight is 302 g/mol. The molecule has 116 valence electrons. The van der Waals surface area contributed by atoms with Crippen molar-refractivity contribution >= 4 is 5.97 Å². The van der Waals surface area contributed by atoms with E-state index in [1.54, 1.807) is 13.3 Å². The Morgan fingerprint density at radius 3 is 3.09 bits per heavy atom. The largest absolute Gasteiger partial charge is 0.497 e. The smallest absolute Gasteiger partial charge is 0.313 e. The van der Waals surface area contributed by atoms with E-state index in [9.17, 15) is 4.79 Å². The van der Waals surface area contributed by atoms with E-state index in [2.05, 4.69) is 4.98 Å². The predicted molar refractivity (Wildman–Crippen MR) is 78.7 cm³/mol. The van der Waals surface area contributed by atoms with Crippen LogP contribution in [0.15, 0.2) is 30.6 Å². The third-order valence-corrected chi connectivity index (χ3v) is 3.78. The third kappa shape index (κ3) is 2.90. The third-order valence-electron chi connectivity index (χ3n) is 3.78. The predicted octanol–water partition coefficient (Wildman–Crippen LogP) is 1.72. The molecule has 1 aliphatic rings. The number of esters is 1. The number of nitrogens with zero attached hydrogens (tertiary/aromatic N) is 2. The first-order chi connectivity index (χ1) is 10.7. The van der Waals surface area contributed by atoms with E-state index in [1.165, 1.54) is 0 Å². The maximum atomic E-state index is 12.2. The average Bonchev–Trinajstić information content (AvgIpc) is 2.96. The Bertz CT molecular complexity index is 681. The molecule has 3 rings (SSSR count). The number of carbonyl (C=O) groups is 1. The molecule has 0 unspecified atom stereocenters. The maximum Gasteiger partial charge on any atom is 0.313 e. The second-order valence-electron chi connectivity index (χ2n) is 5.25. The summed E-state index contributed by atoms with van der Waals surface area (Å²) < 4.78 is 18.0. The van der Waals surface area contributed by atoms with Gasteiger partial charge in [-0.1, -0.05) is 6.07 Å². The van der Waals surface area contributed by atoms with Crippen molar-refractivity contribution in [1.82, 2.24) is 9.55 Å². The lowest BCUT2D eigenvalue weighted by Gasteiger charge is -2.24. The zero-order chi connectivity index (χ0) is 15.5. The summed E-state index contributed by atoms with van der Waals surface area (Å²) in [5.41, 5.74) is 0.992. The van der Waals surface area contributed by atoms with Crippen molar-refractivity contribution < 1.29 is 19.0 Å². The molecule has 0 aliphatic carbocycles. The number of aromatic nitrogens is 2. The molecule has 1 atom stereocenters. The summed E-state index contributed by atoms with van der Waals surface area (Å²) >= 11 is 0. The highest BCUT2D eigenvalue weighted by Crippen LogP contribution is 2.31. The first-order valence-electron chi connectivity index (χ1n) is 7.10. The summed E-state index contributed by atoms with van der Waals surface area (Å²) in [6, 6.07) is 5.63. The minimum Gasteiger partial charge on any atom is -0.497 e. The molecule has 0 fully saturated rings.